The van der Waals surface area contributed by atoms with Crippen molar-refractivity contribution >= 4 is 19.2 Å². The molecule has 5 N–H and O–H groups in total. The van der Waals surface area contributed by atoms with Crippen LogP contribution in [0.4, 0.5) is 0 Å². The van der Waals surface area contributed by atoms with Crippen LogP contribution >= 0.6 is 7.37 Å². The normalized spacial score (nSPS) is 14.3. The van der Waals surface area contributed by atoms with Crippen LogP contribution in [0.3, 0.4) is 0 Å². The maximum atomic E-state index is 11.4. The molecule has 0 aromatic carbocycles. The monoisotopic (exact) mass is 237 g/mol. The maximum absolute atomic E-state index is 11.4. The van der Waals surface area contributed by atoms with Gasteiger partial charge in [-0.25, -0.2) is 5.43 Å². The molecule has 0 aliphatic rings. The SMILES string of the molecule is CNNC(=O)CCP(=O)(O)CCC(N)=O. The van der Waals surface area contributed by atoms with Crippen LogP contribution in [0.1, 0.15) is 12.8 Å². The van der Waals surface area contributed by atoms with Crippen LogP contribution in [0.5, 0.6) is 0 Å². The fourth-order valence-electron chi connectivity index (χ4n) is 0.875. The summed E-state index contributed by atoms with van der Waals surface area (Å²) in [6, 6.07) is 0. The van der Waals surface area contributed by atoms with E-state index in [1.165, 1.54) is 7.05 Å². The average Bonchev–Trinajstić information content (AvgIpc) is 2.13. The van der Waals surface area contributed by atoms with Crippen molar-refractivity contribution in [3.63, 3.8) is 0 Å². The zero-order chi connectivity index (χ0) is 11.9. The van der Waals surface area contributed by atoms with E-state index in [1.807, 2.05) is 0 Å². The maximum Gasteiger partial charge on any atom is 0.234 e. The third kappa shape index (κ3) is 8.11. The van der Waals surface area contributed by atoms with Gasteiger partial charge < -0.3 is 10.6 Å². The Bertz CT molecular complexity index is 281. The van der Waals surface area contributed by atoms with Crippen LogP contribution in [0, 0.1) is 0 Å². The van der Waals surface area contributed by atoms with Crippen molar-refractivity contribution in [2.75, 3.05) is 19.4 Å². The first kappa shape index (κ1) is 14.1. The largest absolute Gasteiger partial charge is 0.370 e. The van der Waals surface area contributed by atoms with Crippen LogP contribution in [-0.2, 0) is 14.2 Å². The second-order valence-corrected chi connectivity index (χ2v) is 5.65. The topological polar surface area (TPSA) is 122 Å². The summed E-state index contributed by atoms with van der Waals surface area (Å²) in [5, 5.41) is 0. The number of hydrazine groups is 1. The van der Waals surface area contributed by atoms with Gasteiger partial charge in [0.15, 0.2) is 0 Å². The number of nitrogens with two attached hydrogens (primary N) is 1. The Kier molecular flexibility index (Phi) is 6.15. The van der Waals surface area contributed by atoms with Gasteiger partial charge in [-0.05, 0) is 0 Å². The molecule has 7 nitrogen and oxygen atoms in total. The van der Waals surface area contributed by atoms with Gasteiger partial charge >= 0.3 is 0 Å². The first-order chi connectivity index (χ1) is 6.87. The van der Waals surface area contributed by atoms with Crippen LogP contribution in [-0.4, -0.2) is 36.1 Å². The quantitative estimate of drug-likeness (QED) is 0.326. The van der Waals surface area contributed by atoms with E-state index in [0.29, 0.717) is 0 Å². The van der Waals surface area contributed by atoms with Gasteiger partial charge in [0.1, 0.15) is 0 Å². The van der Waals surface area contributed by atoms with Gasteiger partial charge in [0.25, 0.3) is 0 Å². The molecule has 1 unspecified atom stereocenters. The van der Waals surface area contributed by atoms with E-state index in [0.717, 1.165) is 0 Å². The highest BCUT2D eigenvalue weighted by atomic mass is 31.2. The van der Waals surface area contributed by atoms with E-state index in [-0.39, 0.29) is 31.1 Å². The minimum atomic E-state index is -3.41. The van der Waals surface area contributed by atoms with Crippen molar-refractivity contribution in [1.29, 1.82) is 0 Å². The lowest BCUT2D eigenvalue weighted by Gasteiger charge is -2.09. The number of carbonyl (C=O) groups excluding carboxylic acids is 2. The second-order valence-electron chi connectivity index (χ2n) is 3.06. The van der Waals surface area contributed by atoms with Crippen LogP contribution in [0.2, 0.25) is 0 Å². The molecule has 0 fully saturated rings. The van der Waals surface area contributed by atoms with Gasteiger partial charge in [0.05, 0.1) is 0 Å². The molecule has 2 amide bonds. The molecule has 0 spiro atoms. The Balaban J connectivity index is 3.88. The molecule has 0 aliphatic carbocycles. The van der Waals surface area contributed by atoms with Crippen molar-refractivity contribution in [2.24, 2.45) is 5.73 Å². The Hall–Kier alpha value is -0.910. The molecule has 0 aliphatic heterocycles. The highest BCUT2D eigenvalue weighted by Gasteiger charge is 2.20. The van der Waals surface area contributed by atoms with Crippen LogP contribution in [0.15, 0.2) is 0 Å². The van der Waals surface area contributed by atoms with E-state index in [9.17, 15) is 19.0 Å². The number of primary amides is 1. The summed E-state index contributed by atoms with van der Waals surface area (Å²) >= 11 is 0. The zero-order valence-electron chi connectivity index (χ0n) is 8.52. The van der Waals surface area contributed by atoms with E-state index in [4.69, 9.17) is 5.73 Å². The number of hydrogen-bond acceptors (Lipinski definition) is 4. The van der Waals surface area contributed by atoms with E-state index in [2.05, 4.69) is 10.9 Å². The lowest BCUT2D eigenvalue weighted by Crippen LogP contribution is -2.34. The molecule has 1 atom stereocenters. The lowest BCUT2D eigenvalue weighted by atomic mass is 10.5. The summed E-state index contributed by atoms with van der Waals surface area (Å²) < 4.78 is 11.4. The molecule has 0 radical (unpaired) electrons. The third-order valence-electron chi connectivity index (χ3n) is 1.66. The molecule has 0 rings (SSSR count). The van der Waals surface area contributed by atoms with Gasteiger partial charge in [-0.2, -0.15) is 0 Å². The standard InChI is InChI=1S/C7H16N3O4P/c1-9-10-7(12)3-5-15(13,14)4-2-6(8)11/h9H,2-5H2,1H3,(H2,8,11)(H,10,12)(H,13,14). The fourth-order valence-corrected chi connectivity index (χ4v) is 2.22. The summed E-state index contributed by atoms with van der Waals surface area (Å²) in [5.74, 6) is -0.991. The molecule has 0 saturated carbocycles. The zero-order valence-corrected chi connectivity index (χ0v) is 9.42. The van der Waals surface area contributed by atoms with Crippen molar-refractivity contribution in [3.05, 3.63) is 0 Å². The Morgan fingerprint density at radius 3 is 2.33 bits per heavy atom. The predicted molar refractivity (Wildman–Crippen MR) is 55.2 cm³/mol. The van der Waals surface area contributed by atoms with Gasteiger partial charge in [0.2, 0.25) is 19.2 Å². The van der Waals surface area contributed by atoms with Crippen molar-refractivity contribution in [3.8, 4) is 0 Å². The molecule has 15 heavy (non-hydrogen) atoms. The predicted octanol–water partition coefficient (Wildman–Crippen LogP) is -1.23. The lowest BCUT2D eigenvalue weighted by molar-refractivity contribution is -0.121. The minimum Gasteiger partial charge on any atom is -0.370 e. The second kappa shape index (κ2) is 6.55. The van der Waals surface area contributed by atoms with Crippen LogP contribution < -0.4 is 16.6 Å². The van der Waals surface area contributed by atoms with Gasteiger partial charge in [0, 0.05) is 32.2 Å². The molecule has 8 heteroatoms. The summed E-state index contributed by atoms with van der Waals surface area (Å²) in [4.78, 5) is 30.6. The smallest absolute Gasteiger partial charge is 0.234 e. The number of rotatable bonds is 7. The number of carbonyl (C=O) groups is 2. The third-order valence-corrected chi connectivity index (χ3v) is 3.51. The van der Waals surface area contributed by atoms with Gasteiger partial charge in [-0.3, -0.25) is 19.6 Å². The van der Waals surface area contributed by atoms with Crippen LogP contribution in [0.25, 0.3) is 0 Å². The number of amides is 2. The van der Waals surface area contributed by atoms with E-state index < -0.39 is 13.3 Å². The molecule has 88 valence electrons. The molecular weight excluding hydrogens is 221 g/mol. The van der Waals surface area contributed by atoms with Crippen molar-refractivity contribution in [1.82, 2.24) is 10.9 Å². The van der Waals surface area contributed by atoms with E-state index in [1.54, 1.807) is 0 Å². The molecule has 0 aromatic heterocycles. The molecular formula is C7H16N3O4P. The number of hydrogen-bond donors (Lipinski definition) is 4. The van der Waals surface area contributed by atoms with Crippen molar-refractivity contribution in [2.45, 2.75) is 12.8 Å². The average molecular weight is 237 g/mol. The van der Waals surface area contributed by atoms with Gasteiger partial charge in [-0.1, -0.05) is 0 Å². The summed E-state index contributed by atoms with van der Waals surface area (Å²) in [7, 11) is -1.90. The highest BCUT2D eigenvalue weighted by Crippen LogP contribution is 2.41. The summed E-state index contributed by atoms with van der Waals surface area (Å²) in [6.45, 7) is 0. The summed E-state index contributed by atoms with van der Waals surface area (Å²) in [5.41, 5.74) is 9.52. The Morgan fingerprint density at radius 2 is 1.87 bits per heavy atom. The fraction of sp³-hybridized carbons (Fsp3) is 0.714. The first-order valence-electron chi connectivity index (χ1n) is 4.42. The first-order valence-corrected chi connectivity index (χ1v) is 6.45. The molecule has 0 heterocycles. The van der Waals surface area contributed by atoms with E-state index >= 15 is 0 Å². The Labute approximate surface area is 87.8 Å². The number of nitrogens with one attached hydrogen (secondary N) is 2. The molecule has 0 bridgehead atoms. The summed E-state index contributed by atoms with van der Waals surface area (Å²) in [6.07, 6.45) is -0.516. The molecule has 0 aromatic rings. The Morgan fingerprint density at radius 1 is 1.33 bits per heavy atom. The molecule has 0 saturated heterocycles. The van der Waals surface area contributed by atoms with Gasteiger partial charge in [-0.15, -0.1) is 0 Å². The minimum absolute atomic E-state index is 0.0621. The van der Waals surface area contributed by atoms with Crippen molar-refractivity contribution < 1.29 is 19.0 Å². The highest BCUT2D eigenvalue weighted by molar-refractivity contribution is 7.58.